The molecular weight excluding hydrogens is 341 g/mol. The molecule has 3 heterocycles. The van der Waals surface area contributed by atoms with Crippen molar-refractivity contribution in [3.63, 3.8) is 0 Å². The van der Waals surface area contributed by atoms with Crippen molar-refractivity contribution in [2.45, 2.75) is 10.5 Å². The van der Waals surface area contributed by atoms with Crippen LogP contribution in [0.2, 0.25) is 0 Å². The van der Waals surface area contributed by atoms with Gasteiger partial charge in [0.05, 0.1) is 26.3 Å². The van der Waals surface area contributed by atoms with E-state index in [9.17, 15) is 18.0 Å². The molecule has 1 aliphatic rings. The smallest absolute Gasteiger partial charge is 0.378 e. The number of fused-ring (bicyclic) bond motifs is 1. The maximum atomic E-state index is 13.3. The van der Waals surface area contributed by atoms with Gasteiger partial charge in [0, 0.05) is 0 Å². The van der Waals surface area contributed by atoms with Crippen LogP contribution in [0.3, 0.4) is 0 Å². The van der Waals surface area contributed by atoms with Crippen molar-refractivity contribution in [1.82, 2.24) is 14.6 Å². The summed E-state index contributed by atoms with van der Waals surface area (Å²) in [4.78, 5) is 20.2. The first-order valence-electron chi connectivity index (χ1n) is 6.29. The van der Waals surface area contributed by atoms with E-state index in [4.69, 9.17) is 4.74 Å². The van der Waals surface area contributed by atoms with E-state index in [-0.39, 0.29) is 36.7 Å². The molecule has 0 aromatic carbocycles. The Labute approximate surface area is 130 Å². The van der Waals surface area contributed by atoms with Crippen LogP contribution in [0.5, 0.6) is 0 Å². The van der Waals surface area contributed by atoms with Crippen LogP contribution in [0.15, 0.2) is 9.13 Å². The summed E-state index contributed by atoms with van der Waals surface area (Å²) in [7, 11) is 0. The van der Waals surface area contributed by atoms with Gasteiger partial charge < -0.3 is 9.75 Å². The van der Waals surface area contributed by atoms with Crippen molar-refractivity contribution >= 4 is 33.4 Å². The highest BCUT2D eigenvalue weighted by Gasteiger charge is 2.39. The zero-order chi connectivity index (χ0) is 15.9. The predicted molar refractivity (Wildman–Crippen MR) is 77.2 cm³/mol. The third-order valence-electron chi connectivity index (χ3n) is 3.09. The molecule has 2 aromatic heterocycles. The number of halogens is 3. The summed E-state index contributed by atoms with van der Waals surface area (Å²) in [6, 6.07) is 0. The molecule has 0 saturated carbocycles. The molecule has 1 aliphatic heterocycles. The number of thioether (sulfide) groups is 1. The number of rotatable bonds is 2. The Morgan fingerprint density at radius 2 is 1.95 bits per heavy atom. The SMILES string of the molecule is CSc1nc2c(=O)n(N3CCOCC3)c(C(F)(F)F)nc2s1. The van der Waals surface area contributed by atoms with E-state index in [1.165, 1.54) is 16.8 Å². The Hall–Kier alpha value is -1.33. The van der Waals surface area contributed by atoms with Crippen molar-refractivity contribution < 1.29 is 17.9 Å². The normalized spacial score (nSPS) is 16.5. The van der Waals surface area contributed by atoms with Gasteiger partial charge in [-0.25, -0.2) is 9.97 Å². The second-order valence-corrected chi connectivity index (χ2v) is 6.48. The number of hydrogen-bond donors (Lipinski definition) is 0. The lowest BCUT2D eigenvalue weighted by Gasteiger charge is -2.31. The standard InChI is InChI=1S/C11H11F3N4O2S2/c1-21-10-15-6-7(22-10)16-9(11(12,13)14)18(8(6)19)17-2-4-20-5-3-17/h2-5H2,1H3. The van der Waals surface area contributed by atoms with Gasteiger partial charge in [0.2, 0.25) is 5.82 Å². The average molecular weight is 352 g/mol. The Balaban J connectivity index is 2.26. The molecule has 11 heteroatoms. The number of nitrogens with zero attached hydrogens (tertiary/aromatic N) is 4. The van der Waals surface area contributed by atoms with Crippen molar-refractivity contribution in [3.05, 3.63) is 16.2 Å². The number of thiazole rings is 1. The highest BCUT2D eigenvalue weighted by molar-refractivity contribution is 8.00. The second kappa shape index (κ2) is 5.70. The van der Waals surface area contributed by atoms with E-state index in [2.05, 4.69) is 9.97 Å². The number of aromatic nitrogens is 3. The first-order chi connectivity index (χ1) is 10.4. The molecule has 0 amide bonds. The second-order valence-electron chi connectivity index (χ2n) is 4.45. The minimum absolute atomic E-state index is 0.00573. The van der Waals surface area contributed by atoms with Crippen LogP contribution < -0.4 is 10.6 Å². The number of alkyl halides is 3. The van der Waals surface area contributed by atoms with Crippen LogP contribution in [0.4, 0.5) is 13.2 Å². The summed E-state index contributed by atoms with van der Waals surface area (Å²) in [5.74, 6) is -1.22. The Morgan fingerprint density at radius 3 is 2.55 bits per heavy atom. The van der Waals surface area contributed by atoms with Gasteiger partial charge in [0.15, 0.2) is 14.7 Å². The van der Waals surface area contributed by atoms with Crippen LogP contribution in [-0.2, 0) is 10.9 Å². The maximum Gasteiger partial charge on any atom is 0.451 e. The molecule has 1 saturated heterocycles. The summed E-state index contributed by atoms with van der Waals surface area (Å²) in [5.41, 5.74) is -0.829. The highest BCUT2D eigenvalue weighted by Crippen LogP contribution is 2.31. The molecule has 0 unspecified atom stereocenters. The summed E-state index contributed by atoms with van der Waals surface area (Å²) in [5, 5.41) is 1.30. The van der Waals surface area contributed by atoms with Crippen LogP contribution >= 0.6 is 23.1 Å². The maximum absolute atomic E-state index is 13.3. The molecule has 2 aromatic rings. The number of hydrogen-bond acceptors (Lipinski definition) is 7. The molecule has 0 spiro atoms. The van der Waals surface area contributed by atoms with Crippen molar-refractivity contribution in [2.24, 2.45) is 0 Å². The molecule has 0 N–H and O–H groups in total. The monoisotopic (exact) mass is 352 g/mol. The molecule has 120 valence electrons. The third kappa shape index (κ3) is 2.68. The van der Waals surface area contributed by atoms with Gasteiger partial charge in [-0.05, 0) is 6.26 Å². The van der Waals surface area contributed by atoms with Gasteiger partial charge in [0.25, 0.3) is 5.56 Å². The van der Waals surface area contributed by atoms with Crippen molar-refractivity contribution in [2.75, 3.05) is 37.6 Å². The summed E-state index contributed by atoms with van der Waals surface area (Å²) >= 11 is 2.24. The summed E-state index contributed by atoms with van der Waals surface area (Å²) in [6.07, 6.45) is -2.99. The fourth-order valence-corrected chi connectivity index (χ4v) is 3.55. The van der Waals surface area contributed by atoms with E-state index in [1.54, 1.807) is 6.26 Å². The zero-order valence-corrected chi connectivity index (χ0v) is 13.0. The fraction of sp³-hybridized carbons (Fsp3) is 0.545. The van der Waals surface area contributed by atoms with Crippen molar-refractivity contribution in [1.29, 1.82) is 0 Å². The van der Waals surface area contributed by atoms with Gasteiger partial charge in [-0.2, -0.15) is 17.8 Å². The minimum atomic E-state index is -4.73. The first-order valence-corrected chi connectivity index (χ1v) is 8.33. The van der Waals surface area contributed by atoms with E-state index >= 15 is 0 Å². The zero-order valence-electron chi connectivity index (χ0n) is 11.4. The fourth-order valence-electron chi connectivity index (χ4n) is 2.13. The molecule has 0 atom stereocenters. The van der Waals surface area contributed by atoms with Gasteiger partial charge in [-0.1, -0.05) is 23.1 Å². The van der Waals surface area contributed by atoms with E-state index in [1.807, 2.05) is 0 Å². The first kappa shape index (κ1) is 15.6. The third-order valence-corrected chi connectivity index (χ3v) is 5.03. The van der Waals surface area contributed by atoms with Crippen LogP contribution in [0.1, 0.15) is 5.82 Å². The highest BCUT2D eigenvalue weighted by atomic mass is 32.2. The topological polar surface area (TPSA) is 60.2 Å². The Kier molecular flexibility index (Phi) is 4.03. The summed E-state index contributed by atoms with van der Waals surface area (Å²) < 4.78 is 46.1. The van der Waals surface area contributed by atoms with Gasteiger partial charge in [-0.15, -0.1) is 0 Å². The summed E-state index contributed by atoms with van der Waals surface area (Å²) in [6.45, 7) is 0.898. The molecule has 0 radical (unpaired) electrons. The van der Waals surface area contributed by atoms with Crippen LogP contribution in [0.25, 0.3) is 10.3 Å². The average Bonchev–Trinajstić information content (AvgIpc) is 2.91. The molecular formula is C11H11F3N4O2S2. The molecule has 6 nitrogen and oxygen atoms in total. The lowest BCUT2D eigenvalue weighted by atomic mass is 10.4. The molecule has 3 rings (SSSR count). The lowest BCUT2D eigenvalue weighted by molar-refractivity contribution is -0.148. The van der Waals surface area contributed by atoms with E-state index in [0.29, 0.717) is 9.02 Å². The van der Waals surface area contributed by atoms with Crippen LogP contribution in [-0.4, -0.2) is 47.2 Å². The van der Waals surface area contributed by atoms with Gasteiger partial charge in [-0.3, -0.25) is 4.79 Å². The molecule has 1 fully saturated rings. The van der Waals surface area contributed by atoms with E-state index < -0.39 is 17.6 Å². The van der Waals surface area contributed by atoms with Crippen LogP contribution in [0, 0.1) is 0 Å². The van der Waals surface area contributed by atoms with Crippen molar-refractivity contribution in [3.8, 4) is 0 Å². The Morgan fingerprint density at radius 1 is 1.27 bits per heavy atom. The van der Waals surface area contributed by atoms with Gasteiger partial charge in [0.1, 0.15) is 0 Å². The molecule has 0 aliphatic carbocycles. The number of morpholine rings is 1. The molecule has 22 heavy (non-hydrogen) atoms. The van der Waals surface area contributed by atoms with E-state index in [0.717, 1.165) is 11.3 Å². The van der Waals surface area contributed by atoms with Gasteiger partial charge >= 0.3 is 6.18 Å². The Bertz CT molecular complexity index is 752. The largest absolute Gasteiger partial charge is 0.451 e. The number of ether oxygens (including phenoxy) is 1. The minimum Gasteiger partial charge on any atom is -0.378 e. The lowest BCUT2D eigenvalue weighted by Crippen LogP contribution is -2.51. The predicted octanol–water partition coefficient (Wildman–Crippen LogP) is 1.56. The molecule has 0 bridgehead atoms. The quantitative estimate of drug-likeness (QED) is 0.765.